The molecule has 0 N–H and O–H groups in total. The van der Waals surface area contributed by atoms with Gasteiger partial charge < -0.3 is 9.47 Å². The Balaban J connectivity index is 1.72. The zero-order chi connectivity index (χ0) is 16.3. The fraction of sp³-hybridized carbons (Fsp3) is 0.429. The van der Waals surface area contributed by atoms with E-state index in [0.29, 0.717) is 12.5 Å². The van der Waals surface area contributed by atoms with Gasteiger partial charge in [0.15, 0.2) is 0 Å². The van der Waals surface area contributed by atoms with Crippen molar-refractivity contribution in [3.63, 3.8) is 0 Å². The van der Waals surface area contributed by atoms with Crippen LogP contribution in [0.15, 0.2) is 54.6 Å². The number of unbranched alkanes of at least 4 members (excludes halogenated alkanes) is 3. The first-order valence-corrected chi connectivity index (χ1v) is 8.70. The number of ether oxygens (including phenoxy) is 2. The smallest absolute Gasteiger partial charge is 0.119 e. The zero-order valence-corrected chi connectivity index (χ0v) is 14.3. The van der Waals surface area contributed by atoms with Crippen LogP contribution in [-0.2, 0) is 0 Å². The number of hydrogen-bond acceptors (Lipinski definition) is 2. The Morgan fingerprint density at radius 3 is 2.09 bits per heavy atom. The quantitative estimate of drug-likeness (QED) is 0.514. The Morgan fingerprint density at radius 2 is 1.43 bits per heavy atom. The van der Waals surface area contributed by atoms with Gasteiger partial charge in [-0.15, -0.1) is 0 Å². The summed E-state index contributed by atoms with van der Waals surface area (Å²) < 4.78 is 11.6. The minimum atomic E-state index is 0.380. The summed E-state index contributed by atoms with van der Waals surface area (Å²) in [6, 6.07) is 18.4. The lowest BCUT2D eigenvalue weighted by Gasteiger charge is -2.14. The summed E-state index contributed by atoms with van der Waals surface area (Å²) >= 11 is 0. The molecule has 23 heavy (non-hydrogen) atoms. The molecule has 0 fully saturated rings. The fourth-order valence-corrected chi connectivity index (χ4v) is 2.45. The lowest BCUT2D eigenvalue weighted by molar-refractivity contribution is 0.291. The molecule has 2 heteroatoms. The fourth-order valence-electron chi connectivity index (χ4n) is 2.45. The lowest BCUT2D eigenvalue weighted by Crippen LogP contribution is -2.06. The average Bonchev–Trinajstić information content (AvgIpc) is 2.61. The molecule has 0 aromatic heterocycles. The van der Waals surface area contributed by atoms with E-state index in [1.807, 2.05) is 30.3 Å². The third-order valence-corrected chi connectivity index (χ3v) is 3.96. The largest absolute Gasteiger partial charge is 0.494 e. The molecule has 0 amide bonds. The van der Waals surface area contributed by atoms with Gasteiger partial charge in [0.05, 0.1) is 13.2 Å². The van der Waals surface area contributed by atoms with Crippen LogP contribution in [-0.4, -0.2) is 13.2 Å². The SMILES string of the molecule is CCCCCCOc1ccc(OCC(C)c2ccccc2)cc1. The van der Waals surface area contributed by atoms with E-state index in [1.54, 1.807) is 0 Å². The van der Waals surface area contributed by atoms with Crippen LogP contribution in [0.1, 0.15) is 51.0 Å². The standard InChI is InChI=1S/C21H28O2/c1-3-4-5-9-16-22-20-12-14-21(15-13-20)23-17-18(2)19-10-7-6-8-11-19/h6-8,10-15,18H,3-5,9,16-17H2,1-2H3. The molecule has 0 saturated carbocycles. The minimum Gasteiger partial charge on any atom is -0.494 e. The summed E-state index contributed by atoms with van der Waals surface area (Å²) in [6.07, 6.45) is 4.92. The molecule has 1 unspecified atom stereocenters. The third-order valence-electron chi connectivity index (χ3n) is 3.96. The highest BCUT2D eigenvalue weighted by Gasteiger charge is 2.06. The van der Waals surface area contributed by atoms with Crippen LogP contribution in [0.25, 0.3) is 0 Å². The van der Waals surface area contributed by atoms with Crippen LogP contribution in [0, 0.1) is 0 Å². The molecule has 2 nitrogen and oxygen atoms in total. The van der Waals surface area contributed by atoms with Crippen molar-refractivity contribution in [3.8, 4) is 11.5 Å². The van der Waals surface area contributed by atoms with E-state index in [0.717, 1.165) is 24.5 Å². The number of rotatable bonds is 10. The Bertz CT molecular complexity index is 534. The van der Waals surface area contributed by atoms with Crippen molar-refractivity contribution in [2.24, 2.45) is 0 Å². The van der Waals surface area contributed by atoms with Gasteiger partial charge in [0.25, 0.3) is 0 Å². The van der Waals surface area contributed by atoms with E-state index in [1.165, 1.54) is 24.8 Å². The first-order chi connectivity index (χ1) is 11.3. The Hall–Kier alpha value is -1.96. The molecule has 2 rings (SSSR count). The van der Waals surface area contributed by atoms with E-state index in [2.05, 4.69) is 38.1 Å². The highest BCUT2D eigenvalue weighted by molar-refractivity contribution is 5.31. The van der Waals surface area contributed by atoms with Gasteiger partial charge in [-0.3, -0.25) is 0 Å². The lowest BCUT2D eigenvalue weighted by atomic mass is 10.0. The summed E-state index contributed by atoms with van der Waals surface area (Å²) in [6.45, 7) is 5.88. The molecule has 1 atom stereocenters. The third kappa shape index (κ3) is 6.35. The van der Waals surface area contributed by atoms with Crippen molar-refractivity contribution in [1.82, 2.24) is 0 Å². The molecule has 0 radical (unpaired) electrons. The molecule has 0 heterocycles. The highest BCUT2D eigenvalue weighted by Crippen LogP contribution is 2.21. The Morgan fingerprint density at radius 1 is 0.783 bits per heavy atom. The topological polar surface area (TPSA) is 18.5 Å². The van der Waals surface area contributed by atoms with Crippen molar-refractivity contribution < 1.29 is 9.47 Å². The summed E-state index contributed by atoms with van der Waals surface area (Å²) in [7, 11) is 0. The maximum atomic E-state index is 5.88. The van der Waals surface area contributed by atoms with Crippen LogP contribution < -0.4 is 9.47 Å². The van der Waals surface area contributed by atoms with E-state index >= 15 is 0 Å². The molecule has 2 aromatic carbocycles. The summed E-state index contributed by atoms with van der Waals surface area (Å²) in [5.74, 6) is 2.20. The van der Waals surface area contributed by atoms with Crippen LogP contribution in [0.5, 0.6) is 11.5 Å². The first-order valence-electron chi connectivity index (χ1n) is 8.70. The number of benzene rings is 2. The van der Waals surface area contributed by atoms with Gasteiger partial charge in [-0.25, -0.2) is 0 Å². The molecule has 0 bridgehead atoms. The van der Waals surface area contributed by atoms with Crippen LogP contribution in [0.2, 0.25) is 0 Å². The molecule has 0 saturated heterocycles. The van der Waals surface area contributed by atoms with Crippen LogP contribution >= 0.6 is 0 Å². The van der Waals surface area contributed by atoms with Gasteiger partial charge in [-0.2, -0.15) is 0 Å². The summed E-state index contributed by atoms with van der Waals surface area (Å²) in [4.78, 5) is 0. The first kappa shape index (κ1) is 17.4. The highest BCUT2D eigenvalue weighted by atomic mass is 16.5. The molecule has 2 aromatic rings. The second kappa shape index (κ2) is 9.94. The van der Waals surface area contributed by atoms with Gasteiger partial charge in [-0.05, 0) is 36.2 Å². The zero-order valence-electron chi connectivity index (χ0n) is 14.3. The van der Waals surface area contributed by atoms with Crippen molar-refractivity contribution in [3.05, 3.63) is 60.2 Å². The van der Waals surface area contributed by atoms with Crippen LogP contribution in [0.3, 0.4) is 0 Å². The molecule has 0 aliphatic heterocycles. The van der Waals surface area contributed by atoms with Gasteiger partial charge in [-0.1, -0.05) is 63.4 Å². The van der Waals surface area contributed by atoms with Crippen molar-refractivity contribution >= 4 is 0 Å². The summed E-state index contributed by atoms with van der Waals surface area (Å²) in [5.41, 5.74) is 1.31. The maximum Gasteiger partial charge on any atom is 0.119 e. The van der Waals surface area contributed by atoms with E-state index in [9.17, 15) is 0 Å². The Kier molecular flexibility index (Phi) is 7.51. The minimum absolute atomic E-state index is 0.380. The molecule has 124 valence electrons. The molecule has 0 spiro atoms. The maximum absolute atomic E-state index is 5.88. The monoisotopic (exact) mass is 312 g/mol. The van der Waals surface area contributed by atoms with Gasteiger partial charge in [0, 0.05) is 5.92 Å². The number of hydrogen-bond donors (Lipinski definition) is 0. The second-order valence-corrected chi connectivity index (χ2v) is 6.00. The van der Waals surface area contributed by atoms with Crippen molar-refractivity contribution in [1.29, 1.82) is 0 Å². The molecule has 0 aliphatic carbocycles. The predicted molar refractivity (Wildman–Crippen MR) is 96.4 cm³/mol. The Labute approximate surface area is 140 Å². The van der Waals surface area contributed by atoms with Crippen LogP contribution in [0.4, 0.5) is 0 Å². The molecule has 0 aliphatic rings. The van der Waals surface area contributed by atoms with Gasteiger partial charge >= 0.3 is 0 Å². The van der Waals surface area contributed by atoms with Crippen molar-refractivity contribution in [2.75, 3.05) is 13.2 Å². The molecular weight excluding hydrogens is 284 g/mol. The molecular formula is C21H28O2. The summed E-state index contributed by atoms with van der Waals surface area (Å²) in [5, 5.41) is 0. The van der Waals surface area contributed by atoms with E-state index in [-0.39, 0.29) is 0 Å². The van der Waals surface area contributed by atoms with Gasteiger partial charge in [0.1, 0.15) is 11.5 Å². The van der Waals surface area contributed by atoms with Gasteiger partial charge in [0.2, 0.25) is 0 Å². The predicted octanol–water partition coefficient (Wildman–Crippen LogP) is 5.83. The second-order valence-electron chi connectivity index (χ2n) is 6.00. The van der Waals surface area contributed by atoms with E-state index in [4.69, 9.17) is 9.47 Å². The average molecular weight is 312 g/mol. The van der Waals surface area contributed by atoms with Crippen molar-refractivity contribution in [2.45, 2.75) is 45.4 Å². The van der Waals surface area contributed by atoms with E-state index < -0.39 is 0 Å². The normalized spacial score (nSPS) is 11.9.